The number of nitrogens with two attached hydrogens (primary N) is 2. The highest BCUT2D eigenvalue weighted by molar-refractivity contribution is 5.11. The lowest BCUT2D eigenvalue weighted by atomic mass is 9.45. The van der Waals surface area contributed by atoms with E-state index < -0.39 is 0 Å². The SMILES string of the molecule is CC.CC1CC2CCCC2(C)C2CCC3(C)C(CC#N)CCC3C12.NN. The van der Waals surface area contributed by atoms with Gasteiger partial charge in [-0.2, -0.15) is 5.26 Å². The summed E-state index contributed by atoms with van der Waals surface area (Å²) in [5.74, 6) is 13.5. The van der Waals surface area contributed by atoms with Crippen LogP contribution in [-0.4, -0.2) is 0 Å². The summed E-state index contributed by atoms with van der Waals surface area (Å²) in [7, 11) is 0. The van der Waals surface area contributed by atoms with E-state index in [1.54, 1.807) is 0 Å². The highest BCUT2D eigenvalue weighted by Crippen LogP contribution is 2.69. The van der Waals surface area contributed by atoms with Crippen LogP contribution in [0.2, 0.25) is 0 Å². The summed E-state index contributed by atoms with van der Waals surface area (Å²) in [6, 6.07) is 2.50. The standard InChI is InChI=1S/C21H33N.C2H6.H4N2/c1-14-13-16-5-4-10-20(16,2)18-8-11-21(3)15(9-12-22)6-7-17(21)19(14)18;2*1-2/h14-19H,4-11,13H2,1-3H3;1-2H3;1-2H2. The minimum Gasteiger partial charge on any atom is -0.274 e. The van der Waals surface area contributed by atoms with E-state index in [2.05, 4.69) is 38.5 Å². The van der Waals surface area contributed by atoms with Crippen molar-refractivity contribution in [3.8, 4) is 6.07 Å². The predicted molar refractivity (Wildman–Crippen MR) is 110 cm³/mol. The molecule has 8 atom stereocenters. The van der Waals surface area contributed by atoms with E-state index in [9.17, 15) is 5.26 Å². The number of nitriles is 1. The van der Waals surface area contributed by atoms with Crippen LogP contribution in [0.3, 0.4) is 0 Å². The van der Waals surface area contributed by atoms with Gasteiger partial charge in [0.15, 0.2) is 0 Å². The quantitative estimate of drug-likeness (QED) is 0.468. The fraction of sp³-hybridized carbons (Fsp3) is 0.957. The molecule has 4 aliphatic rings. The highest BCUT2D eigenvalue weighted by atomic mass is 15.0. The second-order valence-electron chi connectivity index (χ2n) is 9.78. The molecule has 26 heavy (non-hydrogen) atoms. The van der Waals surface area contributed by atoms with Crippen molar-refractivity contribution in [2.75, 3.05) is 0 Å². The molecule has 3 heteroatoms. The first-order valence-electron chi connectivity index (χ1n) is 11.2. The van der Waals surface area contributed by atoms with Crippen LogP contribution in [-0.2, 0) is 0 Å². The molecule has 0 aromatic rings. The molecular weight excluding hydrogens is 318 g/mol. The number of hydrogen-bond acceptors (Lipinski definition) is 3. The van der Waals surface area contributed by atoms with Gasteiger partial charge in [0.05, 0.1) is 6.07 Å². The zero-order valence-corrected chi connectivity index (χ0v) is 17.9. The molecule has 3 nitrogen and oxygen atoms in total. The third-order valence-electron chi connectivity index (χ3n) is 9.23. The molecule has 4 rings (SSSR count). The van der Waals surface area contributed by atoms with Crippen molar-refractivity contribution in [1.82, 2.24) is 0 Å². The lowest BCUT2D eigenvalue weighted by molar-refractivity contribution is -0.110. The van der Waals surface area contributed by atoms with E-state index in [4.69, 9.17) is 0 Å². The molecule has 0 aliphatic heterocycles. The van der Waals surface area contributed by atoms with E-state index in [0.717, 1.165) is 36.0 Å². The van der Waals surface area contributed by atoms with Gasteiger partial charge in [-0.25, -0.2) is 0 Å². The van der Waals surface area contributed by atoms with Gasteiger partial charge in [-0.1, -0.05) is 41.0 Å². The third kappa shape index (κ3) is 3.22. The van der Waals surface area contributed by atoms with Crippen molar-refractivity contribution in [2.24, 2.45) is 58.0 Å². The average molecular weight is 362 g/mol. The lowest BCUT2D eigenvalue weighted by Crippen LogP contribution is -2.53. The summed E-state index contributed by atoms with van der Waals surface area (Å²) in [6.45, 7) is 11.8. The van der Waals surface area contributed by atoms with Gasteiger partial charge >= 0.3 is 0 Å². The van der Waals surface area contributed by atoms with E-state index >= 15 is 0 Å². The maximum atomic E-state index is 9.23. The first-order chi connectivity index (χ1) is 12.5. The molecule has 150 valence electrons. The molecule has 8 unspecified atom stereocenters. The predicted octanol–water partition coefficient (Wildman–Crippen LogP) is 5.65. The maximum Gasteiger partial charge on any atom is 0.0624 e. The fourth-order valence-corrected chi connectivity index (χ4v) is 8.06. The van der Waals surface area contributed by atoms with E-state index in [1.165, 1.54) is 51.4 Å². The minimum atomic E-state index is 0.479. The minimum absolute atomic E-state index is 0.479. The Hall–Kier alpha value is -0.590. The molecule has 4 N–H and O–H groups in total. The first kappa shape index (κ1) is 21.7. The normalized spacial score (nSPS) is 48.5. The number of fused-ring (bicyclic) bond motifs is 5. The zero-order chi connectivity index (χ0) is 19.5. The lowest BCUT2D eigenvalue weighted by Gasteiger charge is -2.59. The summed E-state index contributed by atoms with van der Waals surface area (Å²) in [6.07, 6.45) is 12.4. The molecule has 0 heterocycles. The van der Waals surface area contributed by atoms with Crippen LogP contribution in [0.1, 0.15) is 92.4 Å². The van der Waals surface area contributed by atoms with Gasteiger partial charge in [0.2, 0.25) is 0 Å². The largest absolute Gasteiger partial charge is 0.274 e. The fourth-order valence-electron chi connectivity index (χ4n) is 8.06. The summed E-state index contributed by atoms with van der Waals surface area (Å²) in [4.78, 5) is 0. The molecule has 0 spiro atoms. The van der Waals surface area contributed by atoms with E-state index in [0.29, 0.717) is 16.7 Å². The van der Waals surface area contributed by atoms with Crippen LogP contribution in [0.4, 0.5) is 0 Å². The van der Waals surface area contributed by atoms with Crippen LogP contribution in [0.5, 0.6) is 0 Å². The summed E-state index contributed by atoms with van der Waals surface area (Å²) < 4.78 is 0. The van der Waals surface area contributed by atoms with Crippen LogP contribution >= 0.6 is 0 Å². The molecule has 0 aromatic heterocycles. The van der Waals surface area contributed by atoms with Gasteiger partial charge in [-0.3, -0.25) is 11.7 Å². The summed E-state index contributed by atoms with van der Waals surface area (Å²) >= 11 is 0. The summed E-state index contributed by atoms with van der Waals surface area (Å²) in [5.41, 5.74) is 1.14. The highest BCUT2D eigenvalue weighted by Gasteiger charge is 2.61. The van der Waals surface area contributed by atoms with E-state index in [-0.39, 0.29) is 0 Å². The Morgan fingerprint density at radius 2 is 1.62 bits per heavy atom. The molecule has 0 aromatic carbocycles. The van der Waals surface area contributed by atoms with Crippen LogP contribution in [0.15, 0.2) is 0 Å². The Bertz CT molecular complexity index is 498. The maximum absolute atomic E-state index is 9.23. The van der Waals surface area contributed by atoms with Gasteiger partial charge in [0.25, 0.3) is 0 Å². The van der Waals surface area contributed by atoms with Crippen molar-refractivity contribution in [3.05, 3.63) is 0 Å². The average Bonchev–Trinajstić information content (AvgIpc) is 3.19. The van der Waals surface area contributed by atoms with Crippen LogP contribution < -0.4 is 11.7 Å². The van der Waals surface area contributed by atoms with Gasteiger partial charge in [0, 0.05) is 6.42 Å². The Morgan fingerprint density at radius 3 is 2.27 bits per heavy atom. The molecule has 0 amide bonds. The van der Waals surface area contributed by atoms with Crippen LogP contribution in [0.25, 0.3) is 0 Å². The molecule has 4 aliphatic carbocycles. The van der Waals surface area contributed by atoms with Gasteiger partial charge < -0.3 is 0 Å². The zero-order valence-electron chi connectivity index (χ0n) is 17.9. The van der Waals surface area contributed by atoms with E-state index in [1.807, 2.05) is 13.8 Å². The number of hydrazine groups is 1. The number of rotatable bonds is 1. The molecule has 0 radical (unpaired) electrons. The molecule has 0 saturated heterocycles. The third-order valence-corrected chi connectivity index (χ3v) is 9.23. The molecular formula is C23H43N3. The Morgan fingerprint density at radius 1 is 0.962 bits per heavy atom. The van der Waals surface area contributed by atoms with Crippen molar-refractivity contribution in [1.29, 1.82) is 5.26 Å². The monoisotopic (exact) mass is 361 g/mol. The van der Waals surface area contributed by atoms with Gasteiger partial charge in [0.1, 0.15) is 0 Å². The van der Waals surface area contributed by atoms with Crippen molar-refractivity contribution in [3.63, 3.8) is 0 Å². The molecule has 4 saturated carbocycles. The van der Waals surface area contributed by atoms with Gasteiger partial charge in [-0.15, -0.1) is 0 Å². The first-order valence-corrected chi connectivity index (χ1v) is 11.2. The smallest absolute Gasteiger partial charge is 0.0624 e. The molecule has 4 fully saturated rings. The van der Waals surface area contributed by atoms with Crippen molar-refractivity contribution < 1.29 is 0 Å². The number of nitrogens with zero attached hydrogens (tertiary/aromatic N) is 1. The Kier molecular flexibility index (Phi) is 7.19. The number of hydrogen-bond donors (Lipinski definition) is 2. The van der Waals surface area contributed by atoms with Crippen molar-refractivity contribution in [2.45, 2.75) is 92.4 Å². The second-order valence-corrected chi connectivity index (χ2v) is 9.78. The van der Waals surface area contributed by atoms with Crippen LogP contribution in [0, 0.1) is 57.7 Å². The molecule has 0 bridgehead atoms. The van der Waals surface area contributed by atoms with Crippen molar-refractivity contribution >= 4 is 0 Å². The Labute approximate surface area is 162 Å². The summed E-state index contributed by atoms with van der Waals surface area (Å²) in [5, 5.41) is 9.23. The van der Waals surface area contributed by atoms with Gasteiger partial charge in [-0.05, 0) is 91.3 Å². The second kappa shape index (κ2) is 8.61. The Balaban J connectivity index is 0.000000570. The topological polar surface area (TPSA) is 75.8 Å².